The Bertz CT molecular complexity index is 647. The molecule has 0 fully saturated rings. The van der Waals surface area contributed by atoms with Crippen LogP contribution in [0, 0.1) is 3.57 Å². The first-order valence-electron chi connectivity index (χ1n) is 6.24. The van der Waals surface area contributed by atoms with Gasteiger partial charge in [-0.15, -0.1) is 0 Å². The van der Waals surface area contributed by atoms with Crippen LogP contribution in [0.3, 0.4) is 0 Å². The van der Waals surface area contributed by atoms with E-state index in [1.165, 1.54) is 0 Å². The zero-order chi connectivity index (χ0) is 15.4. The van der Waals surface area contributed by atoms with Crippen LogP contribution in [-0.4, -0.2) is 12.0 Å². The van der Waals surface area contributed by atoms with Crippen LogP contribution < -0.4 is 15.8 Å². The van der Waals surface area contributed by atoms with E-state index in [1.807, 2.05) is 24.3 Å². The maximum atomic E-state index is 12.1. The molecule has 0 radical (unpaired) electrons. The van der Waals surface area contributed by atoms with Gasteiger partial charge in [-0.05, 0) is 72.0 Å². The first-order chi connectivity index (χ1) is 9.95. The SMILES string of the molecule is CC(Oc1ccc(I)cc1)C(=O)Nc1ccc(N)cc1Cl. The standard InChI is InChI=1S/C15H14ClIN2O2/c1-9(21-12-5-2-10(17)3-6-12)15(20)19-14-7-4-11(18)8-13(14)16/h2-9H,18H2,1H3,(H,19,20). The highest BCUT2D eigenvalue weighted by Crippen LogP contribution is 2.24. The Balaban J connectivity index is 2.00. The Morgan fingerprint density at radius 2 is 1.95 bits per heavy atom. The molecule has 1 atom stereocenters. The molecular weight excluding hydrogens is 403 g/mol. The predicted molar refractivity (Wildman–Crippen MR) is 93.7 cm³/mol. The van der Waals surface area contributed by atoms with E-state index in [2.05, 4.69) is 27.9 Å². The summed E-state index contributed by atoms with van der Waals surface area (Å²) in [5.41, 5.74) is 6.66. The van der Waals surface area contributed by atoms with Crippen molar-refractivity contribution in [2.24, 2.45) is 0 Å². The molecule has 110 valence electrons. The van der Waals surface area contributed by atoms with Gasteiger partial charge in [-0.3, -0.25) is 4.79 Å². The molecule has 0 aliphatic rings. The zero-order valence-corrected chi connectivity index (χ0v) is 14.2. The third kappa shape index (κ3) is 4.50. The van der Waals surface area contributed by atoms with E-state index in [0.717, 1.165) is 3.57 Å². The van der Waals surface area contributed by atoms with Gasteiger partial charge in [-0.2, -0.15) is 0 Å². The van der Waals surface area contributed by atoms with Crippen molar-refractivity contribution in [2.45, 2.75) is 13.0 Å². The van der Waals surface area contributed by atoms with Crippen LogP contribution in [0.15, 0.2) is 42.5 Å². The molecule has 0 aromatic heterocycles. The first-order valence-corrected chi connectivity index (χ1v) is 7.69. The number of hydrogen-bond donors (Lipinski definition) is 2. The number of ether oxygens (including phenoxy) is 1. The van der Waals surface area contributed by atoms with Crippen molar-refractivity contribution in [1.29, 1.82) is 0 Å². The zero-order valence-electron chi connectivity index (χ0n) is 11.3. The van der Waals surface area contributed by atoms with Crippen LogP contribution in [0.5, 0.6) is 5.75 Å². The van der Waals surface area contributed by atoms with Crippen molar-refractivity contribution in [3.8, 4) is 5.75 Å². The van der Waals surface area contributed by atoms with Gasteiger partial charge >= 0.3 is 0 Å². The average Bonchev–Trinajstić information content (AvgIpc) is 2.44. The van der Waals surface area contributed by atoms with Crippen molar-refractivity contribution in [2.75, 3.05) is 11.1 Å². The number of nitrogens with one attached hydrogen (secondary N) is 1. The minimum absolute atomic E-state index is 0.278. The van der Waals surface area contributed by atoms with Gasteiger partial charge in [-0.1, -0.05) is 11.6 Å². The number of anilines is 2. The normalized spacial score (nSPS) is 11.8. The van der Waals surface area contributed by atoms with Gasteiger partial charge in [0, 0.05) is 9.26 Å². The molecule has 1 unspecified atom stereocenters. The number of halogens is 2. The van der Waals surface area contributed by atoms with Crippen LogP contribution in [-0.2, 0) is 4.79 Å². The number of carbonyl (C=O) groups excluding carboxylic acids is 1. The number of hydrogen-bond acceptors (Lipinski definition) is 3. The maximum absolute atomic E-state index is 12.1. The quantitative estimate of drug-likeness (QED) is 0.586. The Kier molecular flexibility index (Phi) is 5.30. The second-order valence-electron chi connectivity index (χ2n) is 4.44. The van der Waals surface area contributed by atoms with Crippen LogP contribution >= 0.6 is 34.2 Å². The lowest BCUT2D eigenvalue weighted by atomic mass is 10.2. The molecule has 0 spiro atoms. The molecule has 0 aliphatic heterocycles. The van der Waals surface area contributed by atoms with Gasteiger partial charge in [0.25, 0.3) is 5.91 Å². The fraction of sp³-hybridized carbons (Fsp3) is 0.133. The number of benzene rings is 2. The first kappa shape index (κ1) is 15.9. The molecule has 0 saturated heterocycles. The van der Waals surface area contributed by atoms with E-state index in [-0.39, 0.29) is 5.91 Å². The monoisotopic (exact) mass is 416 g/mol. The minimum atomic E-state index is -0.640. The Labute approximate surface area is 141 Å². The highest BCUT2D eigenvalue weighted by molar-refractivity contribution is 14.1. The molecule has 3 N–H and O–H groups in total. The molecule has 0 bridgehead atoms. The molecule has 4 nitrogen and oxygen atoms in total. The van der Waals surface area contributed by atoms with Crippen LogP contribution in [0.25, 0.3) is 0 Å². The molecular formula is C15H14ClIN2O2. The predicted octanol–water partition coefficient (Wildman–Crippen LogP) is 3.93. The van der Waals surface area contributed by atoms with Crippen molar-refractivity contribution >= 4 is 51.5 Å². The van der Waals surface area contributed by atoms with Gasteiger partial charge in [0.2, 0.25) is 0 Å². The number of carbonyl (C=O) groups is 1. The smallest absolute Gasteiger partial charge is 0.265 e. The van der Waals surface area contributed by atoms with E-state index in [1.54, 1.807) is 25.1 Å². The van der Waals surface area contributed by atoms with Gasteiger partial charge in [0.15, 0.2) is 6.10 Å². The van der Waals surface area contributed by atoms with Crippen LogP contribution in [0.1, 0.15) is 6.92 Å². The van der Waals surface area contributed by atoms with Crippen molar-refractivity contribution < 1.29 is 9.53 Å². The largest absolute Gasteiger partial charge is 0.481 e. The molecule has 1 amide bonds. The van der Waals surface area contributed by atoms with Gasteiger partial charge < -0.3 is 15.8 Å². The summed E-state index contributed by atoms with van der Waals surface area (Å²) in [4.78, 5) is 12.1. The van der Waals surface area contributed by atoms with E-state index in [9.17, 15) is 4.79 Å². The fourth-order valence-electron chi connectivity index (χ4n) is 1.64. The Morgan fingerprint density at radius 3 is 2.57 bits per heavy atom. The fourth-order valence-corrected chi connectivity index (χ4v) is 2.23. The maximum Gasteiger partial charge on any atom is 0.265 e. The van der Waals surface area contributed by atoms with Gasteiger partial charge in [0.1, 0.15) is 5.75 Å². The molecule has 0 saturated carbocycles. The summed E-state index contributed by atoms with van der Waals surface area (Å²) in [5, 5.41) is 3.11. The highest BCUT2D eigenvalue weighted by Gasteiger charge is 2.16. The third-order valence-electron chi connectivity index (χ3n) is 2.75. The molecule has 0 aliphatic carbocycles. The van der Waals surface area contributed by atoms with Gasteiger partial charge in [-0.25, -0.2) is 0 Å². The number of nitrogens with two attached hydrogens (primary N) is 1. The van der Waals surface area contributed by atoms with Crippen molar-refractivity contribution in [3.05, 3.63) is 51.1 Å². The molecule has 2 rings (SSSR count). The second-order valence-corrected chi connectivity index (χ2v) is 6.10. The minimum Gasteiger partial charge on any atom is -0.481 e. The summed E-state index contributed by atoms with van der Waals surface area (Å²) in [5.74, 6) is 0.363. The van der Waals surface area contributed by atoms with E-state index < -0.39 is 6.10 Å². The number of rotatable bonds is 4. The number of amides is 1. The summed E-state index contributed by atoms with van der Waals surface area (Å²) in [6.45, 7) is 1.68. The topological polar surface area (TPSA) is 64.3 Å². The van der Waals surface area contributed by atoms with E-state index in [0.29, 0.717) is 22.1 Å². The third-order valence-corrected chi connectivity index (χ3v) is 3.78. The molecule has 6 heteroatoms. The summed E-state index contributed by atoms with van der Waals surface area (Å²) in [6.07, 6.45) is -0.640. The molecule has 21 heavy (non-hydrogen) atoms. The lowest BCUT2D eigenvalue weighted by molar-refractivity contribution is -0.122. The number of nitrogen functional groups attached to an aromatic ring is 1. The van der Waals surface area contributed by atoms with Crippen molar-refractivity contribution in [1.82, 2.24) is 0 Å². The summed E-state index contributed by atoms with van der Waals surface area (Å²) < 4.78 is 6.69. The van der Waals surface area contributed by atoms with Gasteiger partial charge in [0.05, 0.1) is 10.7 Å². The molecule has 2 aromatic carbocycles. The lowest BCUT2D eigenvalue weighted by Gasteiger charge is -2.15. The summed E-state index contributed by atoms with van der Waals surface area (Å²) >= 11 is 8.22. The highest BCUT2D eigenvalue weighted by atomic mass is 127. The Morgan fingerprint density at radius 1 is 1.29 bits per heavy atom. The second kappa shape index (κ2) is 7.00. The average molecular weight is 417 g/mol. The van der Waals surface area contributed by atoms with Crippen LogP contribution in [0.2, 0.25) is 5.02 Å². The van der Waals surface area contributed by atoms with Crippen LogP contribution in [0.4, 0.5) is 11.4 Å². The van der Waals surface area contributed by atoms with Crippen molar-refractivity contribution in [3.63, 3.8) is 0 Å². The summed E-state index contributed by atoms with van der Waals surface area (Å²) in [7, 11) is 0. The van der Waals surface area contributed by atoms with E-state index >= 15 is 0 Å². The molecule has 0 heterocycles. The lowest BCUT2D eigenvalue weighted by Crippen LogP contribution is -2.30. The Hall–Kier alpha value is -1.47. The van der Waals surface area contributed by atoms with E-state index in [4.69, 9.17) is 22.1 Å². The summed E-state index contributed by atoms with van der Waals surface area (Å²) in [6, 6.07) is 12.4. The molecule has 2 aromatic rings.